The van der Waals surface area contributed by atoms with Crippen LogP contribution in [0.3, 0.4) is 0 Å². The molecule has 0 aliphatic carbocycles. The second-order valence-electron chi connectivity index (χ2n) is 3.60. The number of methoxy groups -OCH3 is 1. The van der Waals surface area contributed by atoms with Gasteiger partial charge in [0.2, 0.25) is 5.88 Å². The Morgan fingerprint density at radius 3 is 2.82 bits per heavy atom. The normalized spacial score (nSPS) is 10.3. The molecule has 0 aliphatic heterocycles. The van der Waals surface area contributed by atoms with Crippen molar-refractivity contribution in [3.63, 3.8) is 0 Å². The molecule has 0 radical (unpaired) electrons. The molecule has 0 unspecified atom stereocenters. The van der Waals surface area contributed by atoms with E-state index in [9.17, 15) is 0 Å². The van der Waals surface area contributed by atoms with E-state index in [2.05, 4.69) is 20.4 Å². The minimum atomic E-state index is 0.529. The number of aryl methyl sites for hydroxylation is 2. The molecule has 2 heterocycles. The summed E-state index contributed by atoms with van der Waals surface area (Å²) in [5, 5.41) is 7.06. The summed E-state index contributed by atoms with van der Waals surface area (Å²) in [5.41, 5.74) is 1.93. The van der Waals surface area contributed by atoms with E-state index in [1.54, 1.807) is 13.2 Å². The first-order valence-corrected chi connectivity index (χ1v) is 5.22. The van der Waals surface area contributed by atoms with Crippen LogP contribution in [-0.4, -0.2) is 22.2 Å². The number of nitrogens with one attached hydrogen (secondary N) is 1. The first-order chi connectivity index (χ1) is 8.20. The number of rotatable bonds is 4. The molecule has 0 spiro atoms. The van der Waals surface area contributed by atoms with Crippen molar-refractivity contribution in [2.75, 3.05) is 12.4 Å². The van der Waals surface area contributed by atoms with Crippen LogP contribution in [0, 0.1) is 13.8 Å². The van der Waals surface area contributed by atoms with E-state index in [1.807, 2.05) is 13.8 Å². The van der Waals surface area contributed by atoms with Gasteiger partial charge in [-0.25, -0.2) is 9.97 Å². The quantitative estimate of drug-likeness (QED) is 0.868. The third-order valence-corrected chi connectivity index (χ3v) is 2.48. The van der Waals surface area contributed by atoms with E-state index in [0.29, 0.717) is 18.2 Å². The fourth-order valence-electron chi connectivity index (χ4n) is 1.48. The molecule has 6 heteroatoms. The molecular weight excluding hydrogens is 220 g/mol. The van der Waals surface area contributed by atoms with Gasteiger partial charge in [0.05, 0.1) is 12.8 Å². The van der Waals surface area contributed by atoms with Crippen LogP contribution in [0.1, 0.15) is 17.0 Å². The SMILES string of the molecule is COc1cc(NCc2c(C)noc2C)ncn1. The Balaban J connectivity index is 2.07. The van der Waals surface area contributed by atoms with Gasteiger partial charge in [-0.05, 0) is 13.8 Å². The zero-order valence-electron chi connectivity index (χ0n) is 10.0. The predicted molar refractivity (Wildman–Crippen MR) is 61.9 cm³/mol. The van der Waals surface area contributed by atoms with Gasteiger partial charge in [0, 0.05) is 18.2 Å². The van der Waals surface area contributed by atoms with Gasteiger partial charge >= 0.3 is 0 Å². The molecule has 2 aromatic heterocycles. The van der Waals surface area contributed by atoms with Crippen molar-refractivity contribution in [2.45, 2.75) is 20.4 Å². The highest BCUT2D eigenvalue weighted by Crippen LogP contribution is 2.15. The average molecular weight is 234 g/mol. The Kier molecular flexibility index (Phi) is 3.22. The Hall–Kier alpha value is -2.11. The van der Waals surface area contributed by atoms with Gasteiger partial charge in [0.25, 0.3) is 0 Å². The van der Waals surface area contributed by atoms with Crippen LogP contribution in [-0.2, 0) is 6.54 Å². The summed E-state index contributed by atoms with van der Waals surface area (Å²) >= 11 is 0. The number of aromatic nitrogens is 3. The lowest BCUT2D eigenvalue weighted by molar-refractivity contribution is 0.392. The van der Waals surface area contributed by atoms with Crippen LogP contribution in [0.15, 0.2) is 16.9 Å². The van der Waals surface area contributed by atoms with Crippen molar-refractivity contribution in [1.29, 1.82) is 0 Å². The van der Waals surface area contributed by atoms with E-state index in [-0.39, 0.29) is 0 Å². The predicted octanol–water partition coefficient (Wildman–Crippen LogP) is 1.70. The fraction of sp³-hybridized carbons (Fsp3) is 0.364. The van der Waals surface area contributed by atoms with Crippen molar-refractivity contribution in [3.05, 3.63) is 29.4 Å². The standard InChI is InChI=1S/C11H14N4O2/c1-7-9(8(2)17-15-7)5-12-10-4-11(16-3)14-6-13-10/h4,6H,5H2,1-3H3,(H,12,13,14). The number of hydrogen-bond donors (Lipinski definition) is 1. The molecule has 2 rings (SSSR count). The zero-order chi connectivity index (χ0) is 12.3. The Morgan fingerprint density at radius 1 is 1.35 bits per heavy atom. The van der Waals surface area contributed by atoms with Crippen LogP contribution >= 0.6 is 0 Å². The van der Waals surface area contributed by atoms with Crippen LogP contribution < -0.4 is 10.1 Å². The summed E-state index contributed by atoms with van der Waals surface area (Å²) < 4.78 is 10.1. The molecule has 0 saturated heterocycles. The van der Waals surface area contributed by atoms with Gasteiger partial charge in [0.1, 0.15) is 17.9 Å². The van der Waals surface area contributed by atoms with Gasteiger partial charge in [-0.1, -0.05) is 5.16 Å². The molecule has 0 atom stereocenters. The zero-order valence-corrected chi connectivity index (χ0v) is 10.0. The van der Waals surface area contributed by atoms with Gasteiger partial charge in [-0.2, -0.15) is 0 Å². The van der Waals surface area contributed by atoms with Crippen molar-refractivity contribution in [3.8, 4) is 5.88 Å². The lowest BCUT2D eigenvalue weighted by Crippen LogP contribution is -2.03. The summed E-state index contributed by atoms with van der Waals surface area (Å²) in [7, 11) is 1.57. The van der Waals surface area contributed by atoms with Crippen LogP contribution in [0.5, 0.6) is 5.88 Å². The molecule has 17 heavy (non-hydrogen) atoms. The lowest BCUT2D eigenvalue weighted by atomic mass is 10.2. The van der Waals surface area contributed by atoms with Crippen molar-refractivity contribution in [2.24, 2.45) is 0 Å². The first-order valence-electron chi connectivity index (χ1n) is 5.22. The van der Waals surface area contributed by atoms with Crippen LogP contribution in [0.4, 0.5) is 5.82 Å². The molecule has 0 bridgehead atoms. The highest BCUT2D eigenvalue weighted by atomic mass is 16.5. The molecule has 0 aromatic carbocycles. The molecule has 1 N–H and O–H groups in total. The summed E-state index contributed by atoms with van der Waals surface area (Å²) in [5.74, 6) is 2.05. The van der Waals surface area contributed by atoms with E-state index in [4.69, 9.17) is 9.26 Å². The number of ether oxygens (including phenoxy) is 1. The van der Waals surface area contributed by atoms with Gasteiger partial charge in [-0.15, -0.1) is 0 Å². The largest absolute Gasteiger partial charge is 0.481 e. The van der Waals surface area contributed by atoms with E-state index >= 15 is 0 Å². The number of anilines is 1. The monoisotopic (exact) mass is 234 g/mol. The summed E-state index contributed by atoms with van der Waals surface area (Å²) in [6.45, 7) is 4.41. The highest BCUT2D eigenvalue weighted by molar-refractivity contribution is 5.38. The second-order valence-corrected chi connectivity index (χ2v) is 3.60. The maximum Gasteiger partial charge on any atom is 0.218 e. The third-order valence-electron chi connectivity index (χ3n) is 2.48. The van der Waals surface area contributed by atoms with E-state index in [1.165, 1.54) is 6.33 Å². The lowest BCUT2D eigenvalue weighted by Gasteiger charge is -2.05. The van der Waals surface area contributed by atoms with Crippen LogP contribution in [0.25, 0.3) is 0 Å². The first kappa shape index (κ1) is 11.4. The topological polar surface area (TPSA) is 73.1 Å². The molecule has 0 amide bonds. The molecule has 0 fully saturated rings. The van der Waals surface area contributed by atoms with Crippen molar-refractivity contribution in [1.82, 2.24) is 15.1 Å². The smallest absolute Gasteiger partial charge is 0.218 e. The van der Waals surface area contributed by atoms with E-state index in [0.717, 1.165) is 17.0 Å². The number of nitrogens with zero attached hydrogens (tertiary/aromatic N) is 3. The third kappa shape index (κ3) is 2.52. The van der Waals surface area contributed by atoms with Crippen LogP contribution in [0.2, 0.25) is 0 Å². The Bertz CT molecular complexity index is 490. The summed E-state index contributed by atoms with van der Waals surface area (Å²) in [6.07, 6.45) is 1.45. The van der Waals surface area contributed by atoms with Crippen molar-refractivity contribution < 1.29 is 9.26 Å². The minimum Gasteiger partial charge on any atom is -0.481 e. The molecule has 6 nitrogen and oxygen atoms in total. The maximum absolute atomic E-state index is 5.08. The number of hydrogen-bond acceptors (Lipinski definition) is 6. The van der Waals surface area contributed by atoms with Gasteiger partial charge in [-0.3, -0.25) is 0 Å². The van der Waals surface area contributed by atoms with Gasteiger partial charge in [0.15, 0.2) is 0 Å². The highest BCUT2D eigenvalue weighted by Gasteiger charge is 2.08. The Morgan fingerprint density at radius 2 is 2.18 bits per heavy atom. The average Bonchev–Trinajstić information content (AvgIpc) is 2.67. The van der Waals surface area contributed by atoms with Crippen molar-refractivity contribution >= 4 is 5.82 Å². The molecular formula is C11H14N4O2. The fourth-order valence-corrected chi connectivity index (χ4v) is 1.48. The Labute approximate surface area is 99.0 Å². The molecule has 2 aromatic rings. The minimum absolute atomic E-state index is 0.529. The summed E-state index contributed by atoms with van der Waals surface area (Å²) in [4.78, 5) is 8.03. The molecule has 0 aliphatic rings. The van der Waals surface area contributed by atoms with E-state index < -0.39 is 0 Å². The second kappa shape index (κ2) is 4.82. The molecule has 0 saturated carbocycles. The summed E-state index contributed by atoms with van der Waals surface area (Å²) in [6, 6.07) is 1.73. The maximum atomic E-state index is 5.08. The van der Waals surface area contributed by atoms with Gasteiger partial charge < -0.3 is 14.6 Å². The molecule has 90 valence electrons.